The molecule has 0 N–H and O–H groups in total. The largest absolute Gasteiger partial charge is 0.303 e. The van der Waals surface area contributed by atoms with Gasteiger partial charge in [0.2, 0.25) is 0 Å². The second kappa shape index (κ2) is 6.86. The molecule has 0 saturated heterocycles. The Balaban J connectivity index is 3.82. The van der Waals surface area contributed by atoms with Gasteiger partial charge in [-0.25, -0.2) is 0 Å². The van der Waals surface area contributed by atoms with E-state index in [2.05, 4.69) is 6.58 Å². The number of allylic oxidation sites excluding steroid dienone is 5. The maximum Gasteiger partial charge on any atom is 0.120 e. The average Bonchev–Trinajstić information content (AvgIpc) is 1.97. The zero-order valence-electron chi connectivity index (χ0n) is 7.22. The maximum atomic E-state index is 9.94. The summed E-state index contributed by atoms with van der Waals surface area (Å²) in [5, 5.41) is 0.521. The summed E-state index contributed by atoms with van der Waals surface area (Å²) in [4.78, 5) is 9.94. The number of hydrogen-bond acceptors (Lipinski definition) is 1. The molecule has 0 fully saturated rings. The molecule has 0 spiro atoms. The van der Waals surface area contributed by atoms with Crippen molar-refractivity contribution in [1.82, 2.24) is 0 Å². The van der Waals surface area contributed by atoms with Crippen LogP contribution in [-0.2, 0) is 4.79 Å². The quantitative estimate of drug-likeness (QED) is 0.364. The number of rotatable bonds is 5. The first-order valence-corrected chi connectivity index (χ1v) is 4.17. The maximum absolute atomic E-state index is 9.94. The lowest BCUT2D eigenvalue weighted by Gasteiger charge is -1.89. The highest BCUT2D eigenvalue weighted by Gasteiger charge is 1.83. The van der Waals surface area contributed by atoms with E-state index in [0.717, 1.165) is 18.3 Å². The highest BCUT2D eigenvalue weighted by molar-refractivity contribution is 6.30. The molecule has 0 aromatic rings. The number of unbranched alkanes of at least 4 members (excludes halogenated alkanes) is 1. The van der Waals surface area contributed by atoms with Gasteiger partial charge >= 0.3 is 0 Å². The lowest BCUT2D eigenvalue weighted by atomic mass is 10.2. The molecule has 0 heterocycles. The number of carbonyl (C=O) groups is 1. The molecule has 0 aromatic carbocycles. The topological polar surface area (TPSA) is 17.1 Å². The fourth-order valence-corrected chi connectivity index (χ4v) is 0.901. The Morgan fingerprint density at radius 1 is 1.50 bits per heavy atom. The summed E-state index contributed by atoms with van der Waals surface area (Å²) in [6.45, 7) is 5.47. The predicted octanol–water partition coefficient (Wildman–Crippen LogP) is 3.22. The van der Waals surface area contributed by atoms with E-state index >= 15 is 0 Å². The van der Waals surface area contributed by atoms with Crippen molar-refractivity contribution < 1.29 is 4.79 Å². The third-order valence-corrected chi connectivity index (χ3v) is 1.33. The van der Waals surface area contributed by atoms with Crippen molar-refractivity contribution in [3.8, 4) is 0 Å². The van der Waals surface area contributed by atoms with Gasteiger partial charge in [-0.2, -0.15) is 0 Å². The minimum Gasteiger partial charge on any atom is -0.303 e. The van der Waals surface area contributed by atoms with Crippen LogP contribution in [0.2, 0.25) is 0 Å². The van der Waals surface area contributed by atoms with E-state index in [1.54, 1.807) is 6.08 Å². The zero-order valence-corrected chi connectivity index (χ0v) is 7.97. The van der Waals surface area contributed by atoms with Crippen LogP contribution < -0.4 is 0 Å². The van der Waals surface area contributed by atoms with Gasteiger partial charge in [0.15, 0.2) is 0 Å². The number of aldehydes is 1. The summed E-state index contributed by atoms with van der Waals surface area (Å²) in [7, 11) is 0. The minimum absolute atomic E-state index is 0.521. The Kier molecular flexibility index (Phi) is 6.39. The summed E-state index contributed by atoms with van der Waals surface area (Å²) in [5.41, 5.74) is 1.04. The van der Waals surface area contributed by atoms with Crippen LogP contribution in [-0.4, -0.2) is 6.29 Å². The summed E-state index contributed by atoms with van der Waals surface area (Å²) in [6.07, 6.45) is 7.91. The van der Waals surface area contributed by atoms with Gasteiger partial charge in [0, 0.05) is 11.5 Å². The van der Waals surface area contributed by atoms with E-state index in [9.17, 15) is 4.79 Å². The Bertz CT molecular complexity index is 214. The SMILES string of the molecule is C=C(Cl)/C=C(C)\C=C/CCC=O. The second-order valence-electron chi connectivity index (χ2n) is 2.48. The van der Waals surface area contributed by atoms with Crippen LogP contribution in [0.3, 0.4) is 0 Å². The van der Waals surface area contributed by atoms with Crippen molar-refractivity contribution in [2.45, 2.75) is 19.8 Å². The number of halogens is 1. The third-order valence-electron chi connectivity index (χ3n) is 1.22. The van der Waals surface area contributed by atoms with E-state index in [1.807, 2.05) is 19.1 Å². The van der Waals surface area contributed by atoms with E-state index < -0.39 is 0 Å². The molecule has 12 heavy (non-hydrogen) atoms. The van der Waals surface area contributed by atoms with E-state index in [-0.39, 0.29) is 0 Å². The van der Waals surface area contributed by atoms with Crippen LogP contribution in [0.5, 0.6) is 0 Å². The van der Waals surface area contributed by atoms with Gasteiger partial charge in [-0.3, -0.25) is 0 Å². The van der Waals surface area contributed by atoms with Gasteiger partial charge in [-0.15, -0.1) is 0 Å². The lowest BCUT2D eigenvalue weighted by Crippen LogP contribution is -1.72. The van der Waals surface area contributed by atoms with Crippen molar-refractivity contribution in [3.05, 3.63) is 35.4 Å². The number of hydrogen-bond donors (Lipinski definition) is 0. The molecule has 2 heteroatoms. The summed E-state index contributed by atoms with van der Waals surface area (Å²) in [6, 6.07) is 0. The molecule has 0 saturated carbocycles. The van der Waals surface area contributed by atoms with E-state index in [0.29, 0.717) is 11.5 Å². The summed E-state index contributed by atoms with van der Waals surface area (Å²) >= 11 is 5.55. The Hall–Kier alpha value is -0.820. The van der Waals surface area contributed by atoms with Crippen LogP contribution in [0.15, 0.2) is 35.4 Å². The molecular formula is C10H13ClO. The molecule has 66 valence electrons. The smallest absolute Gasteiger partial charge is 0.120 e. The van der Waals surface area contributed by atoms with Crippen molar-refractivity contribution >= 4 is 17.9 Å². The molecule has 0 atom stereocenters. The average molecular weight is 185 g/mol. The molecule has 0 bridgehead atoms. The second-order valence-corrected chi connectivity index (χ2v) is 2.97. The zero-order chi connectivity index (χ0) is 9.40. The van der Waals surface area contributed by atoms with Crippen molar-refractivity contribution in [3.63, 3.8) is 0 Å². The molecule has 1 nitrogen and oxygen atoms in total. The van der Waals surface area contributed by atoms with Crippen LogP contribution in [0.4, 0.5) is 0 Å². The van der Waals surface area contributed by atoms with E-state index in [1.165, 1.54) is 0 Å². The van der Waals surface area contributed by atoms with Crippen molar-refractivity contribution in [2.24, 2.45) is 0 Å². The Morgan fingerprint density at radius 2 is 2.17 bits per heavy atom. The molecular weight excluding hydrogens is 172 g/mol. The van der Waals surface area contributed by atoms with Crippen LogP contribution in [0.1, 0.15) is 19.8 Å². The Labute approximate surface area is 78.4 Å². The number of carbonyl (C=O) groups excluding carboxylic acids is 1. The molecule has 0 rings (SSSR count). The normalized spacial score (nSPS) is 12.0. The first-order valence-electron chi connectivity index (χ1n) is 3.79. The molecule has 0 aliphatic carbocycles. The highest BCUT2D eigenvalue weighted by Crippen LogP contribution is 2.05. The summed E-state index contributed by atoms with van der Waals surface area (Å²) < 4.78 is 0. The summed E-state index contributed by atoms with van der Waals surface area (Å²) in [5.74, 6) is 0. The molecule has 0 aliphatic heterocycles. The van der Waals surface area contributed by atoms with E-state index in [4.69, 9.17) is 11.6 Å². The standard InChI is InChI=1S/C10H13ClO/c1-9(8-10(2)11)6-4-3-5-7-12/h4,6-8H,2-3,5H2,1H3/b6-4-,9-8-. The van der Waals surface area contributed by atoms with Crippen LogP contribution in [0.25, 0.3) is 0 Å². The lowest BCUT2D eigenvalue weighted by molar-refractivity contribution is -0.107. The fourth-order valence-electron chi connectivity index (χ4n) is 0.729. The van der Waals surface area contributed by atoms with Crippen LogP contribution in [0, 0.1) is 0 Å². The fraction of sp³-hybridized carbons (Fsp3) is 0.300. The monoisotopic (exact) mass is 184 g/mol. The third kappa shape index (κ3) is 7.29. The van der Waals surface area contributed by atoms with Gasteiger partial charge in [0.25, 0.3) is 0 Å². The van der Waals surface area contributed by atoms with Crippen molar-refractivity contribution in [1.29, 1.82) is 0 Å². The molecule has 0 amide bonds. The van der Waals surface area contributed by atoms with Gasteiger partial charge in [-0.05, 0) is 25.0 Å². The van der Waals surface area contributed by atoms with Gasteiger partial charge < -0.3 is 4.79 Å². The minimum atomic E-state index is 0.521. The highest BCUT2D eigenvalue weighted by atomic mass is 35.5. The first kappa shape index (κ1) is 11.2. The van der Waals surface area contributed by atoms with Gasteiger partial charge in [0.05, 0.1) is 0 Å². The molecule has 0 radical (unpaired) electrons. The first-order chi connectivity index (χ1) is 5.66. The van der Waals surface area contributed by atoms with Gasteiger partial charge in [0.1, 0.15) is 6.29 Å². The Morgan fingerprint density at radius 3 is 2.67 bits per heavy atom. The van der Waals surface area contributed by atoms with Crippen LogP contribution >= 0.6 is 11.6 Å². The van der Waals surface area contributed by atoms with Crippen molar-refractivity contribution in [2.75, 3.05) is 0 Å². The van der Waals surface area contributed by atoms with Gasteiger partial charge in [-0.1, -0.05) is 30.3 Å². The molecule has 0 unspecified atom stereocenters. The molecule has 0 aromatic heterocycles. The molecule has 0 aliphatic rings. The predicted molar refractivity (Wildman–Crippen MR) is 53.2 cm³/mol.